The summed E-state index contributed by atoms with van der Waals surface area (Å²) in [5, 5.41) is 6.55. The second-order valence-electron chi connectivity index (χ2n) is 4.68. The summed E-state index contributed by atoms with van der Waals surface area (Å²) in [4.78, 5) is 8.71. The average molecular weight is 267 g/mol. The maximum atomic E-state index is 5.59. The van der Waals surface area contributed by atoms with Crippen molar-refractivity contribution in [2.45, 2.75) is 20.3 Å². The molecule has 1 aromatic rings. The molecule has 0 aliphatic heterocycles. The van der Waals surface area contributed by atoms with Crippen molar-refractivity contribution in [1.82, 2.24) is 9.97 Å². The molecule has 0 amide bonds. The van der Waals surface area contributed by atoms with Crippen molar-refractivity contribution in [3.63, 3.8) is 0 Å². The van der Waals surface area contributed by atoms with E-state index in [9.17, 15) is 0 Å². The molecular formula is C13H25N5O. The van der Waals surface area contributed by atoms with Crippen molar-refractivity contribution in [1.29, 1.82) is 0 Å². The highest BCUT2D eigenvalue weighted by Gasteiger charge is 2.03. The van der Waals surface area contributed by atoms with Crippen LogP contribution in [0.25, 0.3) is 0 Å². The minimum absolute atomic E-state index is 0.424. The fraction of sp³-hybridized carbons (Fsp3) is 0.692. The summed E-state index contributed by atoms with van der Waals surface area (Å²) in [5.74, 6) is 2.85. The van der Waals surface area contributed by atoms with Gasteiger partial charge in [0, 0.05) is 32.9 Å². The topological polar surface area (TPSA) is 85.1 Å². The summed E-state index contributed by atoms with van der Waals surface area (Å²) in [6.45, 7) is 7.05. The number of anilines is 2. The Hall–Kier alpha value is -1.40. The Kier molecular flexibility index (Phi) is 7.14. The lowest BCUT2D eigenvalue weighted by atomic mass is 10.2. The largest absolute Gasteiger partial charge is 0.385 e. The van der Waals surface area contributed by atoms with Crippen LogP contribution < -0.4 is 16.4 Å². The molecule has 0 radical (unpaired) electrons. The Balaban J connectivity index is 2.51. The third kappa shape index (κ3) is 6.35. The number of nitrogens with two attached hydrogens (primary N) is 1. The summed E-state index contributed by atoms with van der Waals surface area (Å²) in [6, 6.07) is 1.92. The lowest BCUT2D eigenvalue weighted by Gasteiger charge is -2.12. The van der Waals surface area contributed by atoms with Gasteiger partial charge in [-0.05, 0) is 25.8 Å². The van der Waals surface area contributed by atoms with Gasteiger partial charge < -0.3 is 21.1 Å². The predicted molar refractivity (Wildman–Crippen MR) is 78.5 cm³/mol. The summed E-state index contributed by atoms with van der Waals surface area (Å²) >= 11 is 0. The number of rotatable bonds is 9. The van der Waals surface area contributed by atoms with E-state index in [0.717, 1.165) is 43.6 Å². The van der Waals surface area contributed by atoms with E-state index in [1.54, 1.807) is 7.11 Å². The highest BCUT2D eigenvalue weighted by Crippen LogP contribution is 2.11. The van der Waals surface area contributed by atoms with E-state index in [1.807, 2.05) is 13.0 Å². The van der Waals surface area contributed by atoms with Crippen molar-refractivity contribution in [3.8, 4) is 0 Å². The molecule has 19 heavy (non-hydrogen) atoms. The second kappa shape index (κ2) is 8.66. The molecule has 0 fully saturated rings. The predicted octanol–water partition coefficient (Wildman–Crippen LogP) is 1.24. The third-order valence-electron chi connectivity index (χ3n) is 2.70. The minimum Gasteiger partial charge on any atom is -0.385 e. The fourth-order valence-electron chi connectivity index (χ4n) is 1.54. The smallest absolute Gasteiger partial charge is 0.131 e. The maximum absolute atomic E-state index is 5.59. The number of nitrogens with zero attached hydrogens (tertiary/aromatic N) is 2. The Morgan fingerprint density at radius 3 is 2.63 bits per heavy atom. The van der Waals surface area contributed by atoms with Crippen molar-refractivity contribution in [2.75, 3.05) is 44.0 Å². The van der Waals surface area contributed by atoms with Crippen molar-refractivity contribution >= 4 is 11.6 Å². The standard InChI is InChI=1S/C13H25N5O/c1-10(8-14)9-16-13-7-12(17-11(2)18-13)15-5-4-6-19-3/h7,10H,4-6,8-9,14H2,1-3H3,(H2,15,16,17,18). The Morgan fingerprint density at radius 2 is 2.00 bits per heavy atom. The van der Waals surface area contributed by atoms with Gasteiger partial charge in [-0.1, -0.05) is 6.92 Å². The number of aromatic nitrogens is 2. The van der Waals surface area contributed by atoms with Crippen LogP contribution in [0.4, 0.5) is 11.6 Å². The van der Waals surface area contributed by atoms with E-state index >= 15 is 0 Å². The highest BCUT2D eigenvalue weighted by atomic mass is 16.5. The Morgan fingerprint density at radius 1 is 1.32 bits per heavy atom. The zero-order chi connectivity index (χ0) is 14.1. The zero-order valence-electron chi connectivity index (χ0n) is 12.1. The monoisotopic (exact) mass is 267 g/mol. The molecule has 6 heteroatoms. The molecule has 108 valence electrons. The zero-order valence-corrected chi connectivity index (χ0v) is 12.1. The van der Waals surface area contributed by atoms with Crippen molar-refractivity contribution in [3.05, 3.63) is 11.9 Å². The first-order valence-corrected chi connectivity index (χ1v) is 6.68. The van der Waals surface area contributed by atoms with Crippen LogP contribution >= 0.6 is 0 Å². The normalized spacial score (nSPS) is 12.2. The molecule has 6 nitrogen and oxygen atoms in total. The van der Waals surface area contributed by atoms with Gasteiger partial charge in [-0.15, -0.1) is 0 Å². The van der Waals surface area contributed by atoms with Gasteiger partial charge in [0.05, 0.1) is 0 Å². The van der Waals surface area contributed by atoms with Crippen LogP contribution in [0.15, 0.2) is 6.07 Å². The first-order valence-electron chi connectivity index (χ1n) is 6.68. The second-order valence-corrected chi connectivity index (χ2v) is 4.68. The van der Waals surface area contributed by atoms with Crippen LogP contribution in [0.2, 0.25) is 0 Å². The number of hydrogen-bond donors (Lipinski definition) is 3. The van der Waals surface area contributed by atoms with Crippen LogP contribution in [-0.2, 0) is 4.74 Å². The number of aryl methyl sites for hydroxylation is 1. The summed E-state index contributed by atoms with van der Waals surface area (Å²) in [7, 11) is 1.70. The van der Waals surface area contributed by atoms with Gasteiger partial charge in [0.15, 0.2) is 0 Å². The van der Waals surface area contributed by atoms with Gasteiger partial charge in [-0.2, -0.15) is 0 Å². The number of nitrogens with one attached hydrogen (secondary N) is 2. The molecule has 1 atom stereocenters. The quantitative estimate of drug-likeness (QED) is 0.584. The van der Waals surface area contributed by atoms with Crippen LogP contribution in [0.3, 0.4) is 0 Å². The number of ether oxygens (including phenoxy) is 1. The Labute approximate surface area is 115 Å². The average Bonchev–Trinajstić information content (AvgIpc) is 2.40. The number of hydrogen-bond acceptors (Lipinski definition) is 6. The molecule has 0 bridgehead atoms. The third-order valence-corrected chi connectivity index (χ3v) is 2.70. The molecule has 4 N–H and O–H groups in total. The van der Waals surface area contributed by atoms with Gasteiger partial charge in [0.1, 0.15) is 17.5 Å². The first kappa shape index (κ1) is 15.7. The molecular weight excluding hydrogens is 242 g/mol. The molecule has 1 rings (SSSR count). The van der Waals surface area contributed by atoms with Crippen molar-refractivity contribution < 1.29 is 4.74 Å². The molecule has 0 saturated carbocycles. The highest BCUT2D eigenvalue weighted by molar-refractivity contribution is 5.47. The summed E-state index contributed by atoms with van der Waals surface area (Å²) < 4.78 is 5.01. The molecule has 0 saturated heterocycles. The lowest BCUT2D eigenvalue weighted by molar-refractivity contribution is 0.198. The van der Waals surface area contributed by atoms with Crippen LogP contribution in [0.5, 0.6) is 0 Å². The molecule has 1 unspecified atom stereocenters. The lowest BCUT2D eigenvalue weighted by Crippen LogP contribution is -2.20. The van der Waals surface area contributed by atoms with Crippen LogP contribution in [0, 0.1) is 12.8 Å². The number of methoxy groups -OCH3 is 1. The van der Waals surface area contributed by atoms with E-state index in [0.29, 0.717) is 12.5 Å². The van der Waals surface area contributed by atoms with Gasteiger partial charge in [-0.25, -0.2) is 9.97 Å². The van der Waals surface area contributed by atoms with Gasteiger partial charge in [-0.3, -0.25) is 0 Å². The molecule has 0 aliphatic carbocycles. The fourth-order valence-corrected chi connectivity index (χ4v) is 1.54. The van der Waals surface area contributed by atoms with E-state index in [4.69, 9.17) is 10.5 Å². The summed E-state index contributed by atoms with van der Waals surface area (Å²) in [6.07, 6.45) is 0.951. The summed E-state index contributed by atoms with van der Waals surface area (Å²) in [5.41, 5.74) is 5.59. The van der Waals surface area contributed by atoms with Crippen molar-refractivity contribution in [2.24, 2.45) is 11.7 Å². The van der Waals surface area contributed by atoms with E-state index in [1.165, 1.54) is 0 Å². The SMILES string of the molecule is COCCCNc1cc(NCC(C)CN)nc(C)n1. The Bertz CT molecular complexity index is 372. The maximum Gasteiger partial charge on any atom is 0.131 e. The van der Waals surface area contributed by atoms with Crippen LogP contribution in [0.1, 0.15) is 19.2 Å². The van der Waals surface area contributed by atoms with E-state index < -0.39 is 0 Å². The first-order chi connectivity index (χ1) is 9.15. The molecule has 1 aromatic heterocycles. The van der Waals surface area contributed by atoms with Gasteiger partial charge in [0.2, 0.25) is 0 Å². The van der Waals surface area contributed by atoms with E-state index in [2.05, 4.69) is 27.5 Å². The molecule has 0 spiro atoms. The molecule has 0 aromatic carbocycles. The van der Waals surface area contributed by atoms with Crippen LogP contribution in [-0.4, -0.2) is 43.3 Å². The van der Waals surface area contributed by atoms with Gasteiger partial charge >= 0.3 is 0 Å². The molecule has 0 aliphatic rings. The van der Waals surface area contributed by atoms with E-state index in [-0.39, 0.29) is 0 Å². The van der Waals surface area contributed by atoms with Gasteiger partial charge in [0.25, 0.3) is 0 Å². The molecule has 1 heterocycles. The minimum atomic E-state index is 0.424.